The second-order valence-corrected chi connectivity index (χ2v) is 3.77. The predicted molar refractivity (Wildman–Crippen MR) is 51.2 cm³/mol. The maximum atomic E-state index is 11.3. The quantitative estimate of drug-likeness (QED) is 0.668. The maximum Gasteiger partial charge on any atom is 0.224 e. The van der Waals surface area contributed by atoms with E-state index in [2.05, 4.69) is 13.8 Å². The van der Waals surface area contributed by atoms with Gasteiger partial charge in [0.15, 0.2) is 0 Å². The number of likely N-dealkylation sites (tertiary alicyclic amines) is 1. The Morgan fingerprint density at radius 2 is 2.38 bits per heavy atom. The van der Waals surface area contributed by atoms with Gasteiger partial charge in [0.05, 0.1) is 6.10 Å². The number of hydrogen-bond acceptors (Lipinski definition) is 2. The highest BCUT2D eigenvalue weighted by molar-refractivity contribution is 5.78. The summed E-state index contributed by atoms with van der Waals surface area (Å²) in [4.78, 5) is 13.2. The Kier molecular flexibility index (Phi) is 3.72. The summed E-state index contributed by atoms with van der Waals surface area (Å²) in [5.41, 5.74) is 0. The lowest BCUT2D eigenvalue weighted by atomic mass is 10.2. The molecule has 1 amide bonds. The standard InChI is InChI=1S/C10H19NO2/c1-4-9(3)13-7-11-8(2)5-6-10(11)12/h8-9H,4-7H2,1-3H3/t8-,9+/m1/s1. The van der Waals surface area contributed by atoms with Gasteiger partial charge in [-0.25, -0.2) is 0 Å². The van der Waals surface area contributed by atoms with Gasteiger partial charge in [-0.3, -0.25) is 4.79 Å². The molecule has 13 heavy (non-hydrogen) atoms. The first kappa shape index (κ1) is 10.5. The third-order valence-electron chi connectivity index (χ3n) is 2.70. The molecular formula is C10H19NO2. The summed E-state index contributed by atoms with van der Waals surface area (Å²) in [6.45, 7) is 6.66. The normalized spacial score (nSPS) is 25.3. The molecule has 1 aliphatic heterocycles. The zero-order valence-electron chi connectivity index (χ0n) is 8.75. The van der Waals surface area contributed by atoms with Crippen LogP contribution >= 0.6 is 0 Å². The molecule has 0 aromatic rings. The average molecular weight is 185 g/mol. The average Bonchev–Trinajstić information content (AvgIpc) is 2.43. The first-order valence-corrected chi connectivity index (χ1v) is 5.06. The molecule has 1 aliphatic rings. The topological polar surface area (TPSA) is 29.5 Å². The molecule has 3 heteroatoms. The van der Waals surface area contributed by atoms with Gasteiger partial charge in [0.2, 0.25) is 5.91 Å². The van der Waals surface area contributed by atoms with Gasteiger partial charge in [-0.1, -0.05) is 6.92 Å². The van der Waals surface area contributed by atoms with Crippen LogP contribution in [0.4, 0.5) is 0 Å². The third kappa shape index (κ3) is 2.69. The second kappa shape index (κ2) is 4.61. The fourth-order valence-corrected chi connectivity index (χ4v) is 1.40. The molecule has 1 heterocycles. The van der Waals surface area contributed by atoms with Crippen molar-refractivity contribution in [2.75, 3.05) is 6.73 Å². The van der Waals surface area contributed by atoms with E-state index in [1.807, 2.05) is 11.8 Å². The highest BCUT2D eigenvalue weighted by atomic mass is 16.5. The zero-order chi connectivity index (χ0) is 9.84. The Labute approximate surface area is 80.1 Å². The molecule has 1 saturated heterocycles. The van der Waals surface area contributed by atoms with Gasteiger partial charge >= 0.3 is 0 Å². The SMILES string of the molecule is CC[C@H](C)OCN1C(=O)CC[C@H]1C. The van der Waals surface area contributed by atoms with Crippen LogP contribution in [-0.2, 0) is 9.53 Å². The first-order chi connectivity index (χ1) is 6.15. The first-order valence-electron chi connectivity index (χ1n) is 5.06. The third-order valence-corrected chi connectivity index (χ3v) is 2.70. The van der Waals surface area contributed by atoms with Gasteiger partial charge in [-0.15, -0.1) is 0 Å². The minimum Gasteiger partial charge on any atom is -0.358 e. The Morgan fingerprint density at radius 3 is 2.85 bits per heavy atom. The highest BCUT2D eigenvalue weighted by Crippen LogP contribution is 2.17. The molecule has 0 bridgehead atoms. The molecule has 2 atom stereocenters. The Bertz CT molecular complexity index is 182. The van der Waals surface area contributed by atoms with Crippen LogP contribution < -0.4 is 0 Å². The van der Waals surface area contributed by atoms with Crippen molar-refractivity contribution in [1.29, 1.82) is 0 Å². The van der Waals surface area contributed by atoms with E-state index >= 15 is 0 Å². The van der Waals surface area contributed by atoms with Crippen LogP contribution in [0.2, 0.25) is 0 Å². The molecule has 1 rings (SSSR count). The summed E-state index contributed by atoms with van der Waals surface area (Å²) in [5, 5.41) is 0. The zero-order valence-corrected chi connectivity index (χ0v) is 8.75. The largest absolute Gasteiger partial charge is 0.358 e. The summed E-state index contributed by atoms with van der Waals surface area (Å²) >= 11 is 0. The molecule has 76 valence electrons. The number of carbonyl (C=O) groups excluding carboxylic acids is 1. The van der Waals surface area contributed by atoms with Crippen molar-refractivity contribution in [2.45, 2.75) is 52.2 Å². The van der Waals surface area contributed by atoms with Crippen molar-refractivity contribution < 1.29 is 9.53 Å². The maximum absolute atomic E-state index is 11.3. The number of ether oxygens (including phenoxy) is 1. The number of carbonyl (C=O) groups is 1. The van der Waals surface area contributed by atoms with Crippen LogP contribution in [0.25, 0.3) is 0 Å². The van der Waals surface area contributed by atoms with E-state index in [4.69, 9.17) is 4.74 Å². The van der Waals surface area contributed by atoms with E-state index in [1.165, 1.54) is 0 Å². The van der Waals surface area contributed by atoms with Gasteiger partial charge in [0, 0.05) is 12.5 Å². The van der Waals surface area contributed by atoms with Crippen LogP contribution in [0.3, 0.4) is 0 Å². The number of amides is 1. The summed E-state index contributed by atoms with van der Waals surface area (Å²) in [6.07, 6.45) is 2.91. The smallest absolute Gasteiger partial charge is 0.224 e. The monoisotopic (exact) mass is 185 g/mol. The van der Waals surface area contributed by atoms with Crippen molar-refractivity contribution in [3.05, 3.63) is 0 Å². The fourth-order valence-electron chi connectivity index (χ4n) is 1.40. The summed E-state index contributed by atoms with van der Waals surface area (Å²) < 4.78 is 5.52. The molecule has 0 aliphatic carbocycles. The van der Waals surface area contributed by atoms with Crippen LogP contribution in [0.15, 0.2) is 0 Å². The van der Waals surface area contributed by atoms with Crippen LogP contribution in [0.1, 0.15) is 40.0 Å². The minimum absolute atomic E-state index is 0.232. The lowest BCUT2D eigenvalue weighted by Gasteiger charge is -2.23. The van der Waals surface area contributed by atoms with Crippen molar-refractivity contribution >= 4 is 5.91 Å². The van der Waals surface area contributed by atoms with Crippen LogP contribution in [0, 0.1) is 0 Å². The van der Waals surface area contributed by atoms with Gasteiger partial charge in [-0.2, -0.15) is 0 Å². The highest BCUT2D eigenvalue weighted by Gasteiger charge is 2.27. The lowest BCUT2D eigenvalue weighted by Crippen LogP contribution is -2.34. The van der Waals surface area contributed by atoms with Crippen molar-refractivity contribution in [3.8, 4) is 0 Å². The molecule has 0 aromatic carbocycles. The van der Waals surface area contributed by atoms with Gasteiger partial charge in [-0.05, 0) is 26.7 Å². The van der Waals surface area contributed by atoms with Gasteiger partial charge in [0.25, 0.3) is 0 Å². The second-order valence-electron chi connectivity index (χ2n) is 3.77. The molecule has 0 spiro atoms. The molecule has 0 saturated carbocycles. The molecule has 0 aromatic heterocycles. The Hall–Kier alpha value is -0.570. The van der Waals surface area contributed by atoms with E-state index in [9.17, 15) is 4.79 Å². The van der Waals surface area contributed by atoms with E-state index < -0.39 is 0 Å². The number of rotatable bonds is 4. The summed E-state index contributed by atoms with van der Waals surface area (Å²) in [5.74, 6) is 0.232. The Morgan fingerprint density at radius 1 is 1.69 bits per heavy atom. The van der Waals surface area contributed by atoms with Crippen molar-refractivity contribution in [3.63, 3.8) is 0 Å². The van der Waals surface area contributed by atoms with Crippen LogP contribution in [-0.4, -0.2) is 29.7 Å². The molecule has 0 N–H and O–H groups in total. The number of nitrogens with zero attached hydrogens (tertiary/aromatic N) is 1. The summed E-state index contributed by atoms with van der Waals surface area (Å²) in [7, 11) is 0. The Balaban J connectivity index is 2.31. The molecule has 0 radical (unpaired) electrons. The number of hydrogen-bond donors (Lipinski definition) is 0. The van der Waals surface area contributed by atoms with E-state index in [1.54, 1.807) is 0 Å². The van der Waals surface area contributed by atoms with E-state index in [-0.39, 0.29) is 12.0 Å². The fraction of sp³-hybridized carbons (Fsp3) is 0.900. The predicted octanol–water partition coefficient (Wildman–Crippen LogP) is 1.77. The molecule has 0 unspecified atom stereocenters. The lowest BCUT2D eigenvalue weighted by molar-refractivity contribution is -0.136. The van der Waals surface area contributed by atoms with Crippen molar-refractivity contribution in [2.24, 2.45) is 0 Å². The van der Waals surface area contributed by atoms with Gasteiger partial charge in [0.1, 0.15) is 6.73 Å². The van der Waals surface area contributed by atoms with Crippen molar-refractivity contribution in [1.82, 2.24) is 4.90 Å². The molecule has 3 nitrogen and oxygen atoms in total. The minimum atomic E-state index is 0.232. The van der Waals surface area contributed by atoms with E-state index in [0.717, 1.165) is 12.8 Å². The van der Waals surface area contributed by atoms with Gasteiger partial charge < -0.3 is 9.64 Å². The van der Waals surface area contributed by atoms with E-state index in [0.29, 0.717) is 19.2 Å². The molecular weight excluding hydrogens is 166 g/mol. The van der Waals surface area contributed by atoms with Crippen LogP contribution in [0.5, 0.6) is 0 Å². The molecule has 1 fully saturated rings. The summed E-state index contributed by atoms with van der Waals surface area (Å²) in [6, 6.07) is 0.358.